The number of benzene rings is 1. The van der Waals surface area contributed by atoms with Crippen molar-refractivity contribution in [2.45, 2.75) is 31.3 Å². The third-order valence-electron chi connectivity index (χ3n) is 5.42. The summed E-state index contributed by atoms with van der Waals surface area (Å²) < 4.78 is 0. The van der Waals surface area contributed by atoms with Crippen molar-refractivity contribution in [1.82, 2.24) is 25.8 Å². The largest absolute Gasteiger partial charge is 0.361 e. The average Bonchev–Trinajstić information content (AvgIpc) is 3.40. The molecule has 4 N–H and O–H groups in total. The molecule has 0 saturated carbocycles. The Hall–Kier alpha value is -3.20. The number of nitrogens with one attached hydrogen (secondary N) is 4. The molecule has 1 aromatic heterocycles. The van der Waals surface area contributed by atoms with Crippen LogP contribution in [0.25, 0.3) is 10.9 Å². The summed E-state index contributed by atoms with van der Waals surface area (Å²) in [5.74, 6) is -2.53. The van der Waals surface area contributed by atoms with Gasteiger partial charge in [0.2, 0.25) is 5.91 Å². The van der Waals surface area contributed by atoms with Crippen molar-refractivity contribution in [3.63, 3.8) is 0 Å². The lowest BCUT2D eigenvalue weighted by atomic mass is 10.0. The van der Waals surface area contributed by atoms with Crippen molar-refractivity contribution in [2.75, 3.05) is 19.6 Å². The van der Waals surface area contributed by atoms with Gasteiger partial charge in [-0.3, -0.25) is 24.1 Å². The zero-order chi connectivity index (χ0) is 20.4. The fourth-order valence-corrected chi connectivity index (χ4v) is 3.88. The third-order valence-corrected chi connectivity index (χ3v) is 5.42. The number of amides is 4. The van der Waals surface area contributed by atoms with Gasteiger partial charge in [0, 0.05) is 36.6 Å². The number of rotatable bonds is 5. The summed E-state index contributed by atoms with van der Waals surface area (Å²) in [5.41, 5.74) is 1.78. The van der Waals surface area contributed by atoms with Gasteiger partial charge in [-0.2, -0.15) is 0 Å². The number of imide groups is 1. The Kier molecular flexibility index (Phi) is 5.30. The first kappa shape index (κ1) is 19.1. The molecule has 0 spiro atoms. The topological polar surface area (TPSA) is 123 Å². The van der Waals surface area contributed by atoms with Gasteiger partial charge >= 0.3 is 11.8 Å². The molecule has 152 valence electrons. The number of carbonyl (C=O) groups is 4. The predicted molar refractivity (Wildman–Crippen MR) is 105 cm³/mol. The first-order valence-corrected chi connectivity index (χ1v) is 9.77. The summed E-state index contributed by atoms with van der Waals surface area (Å²) >= 11 is 0. The molecule has 0 radical (unpaired) electrons. The second-order valence-corrected chi connectivity index (χ2v) is 7.32. The quantitative estimate of drug-likeness (QED) is 0.503. The van der Waals surface area contributed by atoms with E-state index in [1.165, 1.54) is 0 Å². The molecule has 29 heavy (non-hydrogen) atoms. The van der Waals surface area contributed by atoms with Crippen molar-refractivity contribution < 1.29 is 19.2 Å². The lowest BCUT2D eigenvalue weighted by molar-refractivity contribution is -0.156. The summed E-state index contributed by atoms with van der Waals surface area (Å²) in [6, 6.07) is 6.37. The minimum Gasteiger partial charge on any atom is -0.361 e. The summed E-state index contributed by atoms with van der Waals surface area (Å²) in [6.45, 7) is 1.05. The fraction of sp³-hybridized carbons (Fsp3) is 0.400. The number of para-hydroxylation sites is 1. The smallest absolute Gasteiger partial charge is 0.318 e. The molecule has 2 fully saturated rings. The van der Waals surface area contributed by atoms with Gasteiger partial charge in [-0.15, -0.1) is 0 Å². The van der Waals surface area contributed by atoms with Gasteiger partial charge in [0.1, 0.15) is 6.04 Å². The van der Waals surface area contributed by atoms with Crippen molar-refractivity contribution in [3.05, 3.63) is 36.0 Å². The molecule has 0 aliphatic carbocycles. The van der Waals surface area contributed by atoms with Crippen molar-refractivity contribution in [3.8, 4) is 0 Å². The van der Waals surface area contributed by atoms with E-state index in [0.717, 1.165) is 34.3 Å². The Bertz CT molecular complexity index is 963. The minimum atomic E-state index is -0.945. The number of aromatic nitrogens is 1. The van der Waals surface area contributed by atoms with Crippen LogP contribution in [0, 0.1) is 0 Å². The van der Waals surface area contributed by atoms with E-state index in [1.807, 2.05) is 24.3 Å². The highest BCUT2D eigenvalue weighted by molar-refractivity contribution is 6.38. The number of nitrogens with zero attached hydrogens (tertiary/aromatic N) is 1. The maximum atomic E-state index is 13.1. The van der Waals surface area contributed by atoms with Gasteiger partial charge in [0.15, 0.2) is 0 Å². The Labute approximate surface area is 167 Å². The Balaban J connectivity index is 1.59. The van der Waals surface area contributed by atoms with Crippen LogP contribution in [0.4, 0.5) is 0 Å². The molecule has 9 heteroatoms. The zero-order valence-electron chi connectivity index (χ0n) is 15.9. The summed E-state index contributed by atoms with van der Waals surface area (Å²) in [7, 11) is 0. The number of H-pyrrole nitrogens is 1. The molecule has 2 aliphatic rings. The first-order chi connectivity index (χ1) is 14.0. The van der Waals surface area contributed by atoms with Crippen molar-refractivity contribution in [1.29, 1.82) is 0 Å². The number of hydrogen-bond acceptors (Lipinski definition) is 5. The summed E-state index contributed by atoms with van der Waals surface area (Å²) in [6.07, 6.45) is 3.61. The van der Waals surface area contributed by atoms with Crippen LogP contribution in [0.5, 0.6) is 0 Å². The third kappa shape index (κ3) is 3.86. The van der Waals surface area contributed by atoms with Crippen LogP contribution >= 0.6 is 0 Å². The van der Waals surface area contributed by atoms with Crippen LogP contribution in [0.1, 0.15) is 18.4 Å². The minimum absolute atomic E-state index is 0.0886. The number of aromatic amines is 1. The normalized spacial score (nSPS) is 20.6. The molecule has 2 aromatic rings. The van der Waals surface area contributed by atoms with Gasteiger partial charge in [-0.25, -0.2) is 0 Å². The van der Waals surface area contributed by atoms with Gasteiger partial charge in [0.05, 0.1) is 6.04 Å². The zero-order valence-corrected chi connectivity index (χ0v) is 15.9. The van der Waals surface area contributed by atoms with E-state index < -0.39 is 23.8 Å². The van der Waals surface area contributed by atoms with Crippen LogP contribution in [-0.2, 0) is 25.6 Å². The molecule has 3 heterocycles. The second-order valence-electron chi connectivity index (χ2n) is 7.32. The van der Waals surface area contributed by atoms with E-state index in [-0.39, 0.29) is 31.5 Å². The van der Waals surface area contributed by atoms with Crippen LogP contribution in [-0.4, -0.2) is 65.2 Å². The molecule has 0 bridgehead atoms. The second kappa shape index (κ2) is 8.04. The van der Waals surface area contributed by atoms with E-state index in [9.17, 15) is 19.2 Å². The Morgan fingerprint density at radius 2 is 2.03 bits per heavy atom. The van der Waals surface area contributed by atoms with Crippen LogP contribution < -0.4 is 16.0 Å². The highest BCUT2D eigenvalue weighted by Crippen LogP contribution is 2.20. The standard InChI is InChI=1S/C20H23N5O4/c26-17(15-6-3-7-21-15)24-16(19(28)25-9-8-22-18(27)20(25)29)10-12-11-23-14-5-2-1-4-13(12)14/h1-2,4-5,11,15-16,21,23H,3,6-10H2,(H,22,27)(H,24,26)/t15-,16-/m0/s1. The molecule has 4 amide bonds. The number of fused-ring (bicyclic) bond motifs is 1. The molecular weight excluding hydrogens is 374 g/mol. The Morgan fingerprint density at radius 1 is 1.21 bits per heavy atom. The van der Waals surface area contributed by atoms with Gasteiger partial charge in [0.25, 0.3) is 5.91 Å². The van der Waals surface area contributed by atoms with Crippen LogP contribution in [0.3, 0.4) is 0 Å². The number of carbonyl (C=O) groups excluding carboxylic acids is 4. The fourth-order valence-electron chi connectivity index (χ4n) is 3.88. The van der Waals surface area contributed by atoms with Crippen LogP contribution in [0.15, 0.2) is 30.5 Å². The Morgan fingerprint density at radius 3 is 2.83 bits per heavy atom. The van der Waals surface area contributed by atoms with E-state index in [4.69, 9.17) is 0 Å². The van der Waals surface area contributed by atoms with E-state index in [1.54, 1.807) is 6.20 Å². The van der Waals surface area contributed by atoms with Crippen molar-refractivity contribution in [2.24, 2.45) is 0 Å². The van der Waals surface area contributed by atoms with Gasteiger partial charge in [-0.1, -0.05) is 18.2 Å². The molecule has 9 nitrogen and oxygen atoms in total. The van der Waals surface area contributed by atoms with E-state index >= 15 is 0 Å². The van der Waals surface area contributed by atoms with Crippen LogP contribution in [0.2, 0.25) is 0 Å². The SMILES string of the molecule is O=C1NCCN(C(=O)[C@H](Cc2c[nH]c3ccccc23)NC(=O)[C@@H]2CCCN2)C1=O. The predicted octanol–water partition coefficient (Wildman–Crippen LogP) is -0.568. The van der Waals surface area contributed by atoms with Gasteiger partial charge < -0.3 is 20.9 Å². The molecule has 0 unspecified atom stereocenters. The maximum absolute atomic E-state index is 13.1. The van der Waals surface area contributed by atoms with Crippen molar-refractivity contribution >= 4 is 34.5 Å². The highest BCUT2D eigenvalue weighted by Gasteiger charge is 2.37. The first-order valence-electron chi connectivity index (χ1n) is 9.77. The summed E-state index contributed by atoms with van der Waals surface area (Å²) in [4.78, 5) is 53.8. The lowest BCUT2D eigenvalue weighted by Crippen LogP contribution is -2.60. The van der Waals surface area contributed by atoms with Gasteiger partial charge in [-0.05, 0) is 31.0 Å². The molecular formula is C20H23N5O4. The monoisotopic (exact) mass is 397 g/mol. The molecule has 1 aromatic carbocycles. The molecule has 2 atom stereocenters. The average molecular weight is 397 g/mol. The highest BCUT2D eigenvalue weighted by atomic mass is 16.2. The lowest BCUT2D eigenvalue weighted by Gasteiger charge is -2.29. The number of piperazine rings is 1. The number of hydrogen-bond donors (Lipinski definition) is 4. The molecule has 4 rings (SSSR count). The van der Waals surface area contributed by atoms with E-state index in [2.05, 4.69) is 20.9 Å². The maximum Gasteiger partial charge on any atom is 0.318 e. The summed E-state index contributed by atoms with van der Waals surface area (Å²) in [5, 5.41) is 9.29. The van der Waals surface area contributed by atoms with E-state index in [0.29, 0.717) is 6.42 Å². The molecule has 2 saturated heterocycles. The molecule has 2 aliphatic heterocycles.